The molecule has 0 aliphatic heterocycles. The number of aryl methyl sites for hydroxylation is 1. The van der Waals surface area contributed by atoms with E-state index in [9.17, 15) is 5.11 Å². The predicted octanol–water partition coefficient (Wildman–Crippen LogP) is 2.89. The van der Waals surface area contributed by atoms with Crippen molar-refractivity contribution in [2.75, 3.05) is 6.61 Å². The molecule has 1 aromatic heterocycles. The Kier molecular flexibility index (Phi) is 3.55. The van der Waals surface area contributed by atoms with Gasteiger partial charge in [0.25, 0.3) is 0 Å². The van der Waals surface area contributed by atoms with Gasteiger partial charge in [0.05, 0.1) is 12.3 Å². The molecule has 0 aliphatic rings. The number of hydrogen-bond acceptors (Lipinski definition) is 3. The second-order valence-electron chi connectivity index (χ2n) is 4.28. The van der Waals surface area contributed by atoms with Gasteiger partial charge in [-0.1, -0.05) is 19.1 Å². The lowest BCUT2D eigenvalue weighted by atomic mass is 10.1. The fourth-order valence-corrected chi connectivity index (χ4v) is 1.74. The van der Waals surface area contributed by atoms with E-state index in [4.69, 9.17) is 4.74 Å². The maximum Gasteiger partial charge on any atom is 0.164 e. The van der Waals surface area contributed by atoms with Crippen molar-refractivity contribution in [1.82, 2.24) is 9.78 Å². The smallest absolute Gasteiger partial charge is 0.164 e. The van der Waals surface area contributed by atoms with Crippen molar-refractivity contribution in [3.8, 4) is 22.8 Å². The SMILES string of the molecule is CCCOc1cccc(-c2nn(C)c(C)c2O)c1. The lowest BCUT2D eigenvalue weighted by molar-refractivity contribution is 0.317. The van der Waals surface area contributed by atoms with E-state index in [0.717, 1.165) is 23.4 Å². The van der Waals surface area contributed by atoms with Gasteiger partial charge in [-0.2, -0.15) is 5.10 Å². The van der Waals surface area contributed by atoms with Crippen LogP contribution in [0.5, 0.6) is 11.5 Å². The van der Waals surface area contributed by atoms with Crippen molar-refractivity contribution < 1.29 is 9.84 Å². The summed E-state index contributed by atoms with van der Waals surface area (Å²) in [4.78, 5) is 0. The molecule has 0 amide bonds. The van der Waals surface area contributed by atoms with E-state index >= 15 is 0 Å². The molecule has 0 unspecified atom stereocenters. The van der Waals surface area contributed by atoms with Crippen molar-refractivity contribution in [2.24, 2.45) is 7.05 Å². The third kappa shape index (κ3) is 2.32. The Morgan fingerprint density at radius 3 is 2.78 bits per heavy atom. The second kappa shape index (κ2) is 5.12. The van der Waals surface area contributed by atoms with E-state index < -0.39 is 0 Å². The van der Waals surface area contributed by atoms with Gasteiger partial charge in [-0.25, -0.2) is 0 Å². The molecule has 4 heteroatoms. The van der Waals surface area contributed by atoms with Crippen molar-refractivity contribution in [2.45, 2.75) is 20.3 Å². The molecule has 0 atom stereocenters. The molecule has 2 aromatic rings. The van der Waals surface area contributed by atoms with E-state index in [2.05, 4.69) is 12.0 Å². The average molecular weight is 246 g/mol. The minimum Gasteiger partial charge on any atom is -0.504 e. The van der Waals surface area contributed by atoms with Gasteiger partial charge in [0, 0.05) is 12.6 Å². The number of benzene rings is 1. The summed E-state index contributed by atoms with van der Waals surface area (Å²) in [7, 11) is 1.82. The molecule has 0 bridgehead atoms. The fourth-order valence-electron chi connectivity index (χ4n) is 1.74. The Balaban J connectivity index is 2.35. The number of ether oxygens (including phenoxy) is 1. The topological polar surface area (TPSA) is 47.3 Å². The van der Waals surface area contributed by atoms with E-state index in [1.807, 2.05) is 38.2 Å². The van der Waals surface area contributed by atoms with Gasteiger partial charge in [0.2, 0.25) is 0 Å². The molecule has 0 fully saturated rings. The molecule has 18 heavy (non-hydrogen) atoms. The molecular formula is C14H18N2O2. The fraction of sp³-hybridized carbons (Fsp3) is 0.357. The molecule has 0 spiro atoms. The van der Waals surface area contributed by atoms with Crippen LogP contribution in [0.15, 0.2) is 24.3 Å². The molecular weight excluding hydrogens is 228 g/mol. The summed E-state index contributed by atoms with van der Waals surface area (Å²) in [5.41, 5.74) is 2.21. The van der Waals surface area contributed by atoms with E-state index in [0.29, 0.717) is 12.3 Å². The minimum atomic E-state index is 0.227. The third-order valence-electron chi connectivity index (χ3n) is 2.88. The Hall–Kier alpha value is -1.97. The molecule has 1 aromatic carbocycles. The van der Waals surface area contributed by atoms with Gasteiger partial charge < -0.3 is 9.84 Å². The highest BCUT2D eigenvalue weighted by Crippen LogP contribution is 2.32. The molecule has 0 radical (unpaired) electrons. The van der Waals surface area contributed by atoms with Crippen LogP contribution in [-0.2, 0) is 7.05 Å². The molecule has 2 rings (SSSR count). The first-order valence-corrected chi connectivity index (χ1v) is 6.09. The van der Waals surface area contributed by atoms with Crippen LogP contribution < -0.4 is 4.74 Å². The summed E-state index contributed by atoms with van der Waals surface area (Å²) in [5, 5.41) is 14.3. The Bertz CT molecular complexity index is 547. The number of hydrogen-bond donors (Lipinski definition) is 1. The van der Waals surface area contributed by atoms with Crippen LogP contribution in [-0.4, -0.2) is 21.5 Å². The van der Waals surface area contributed by atoms with E-state index in [-0.39, 0.29) is 5.75 Å². The summed E-state index contributed by atoms with van der Waals surface area (Å²) in [6, 6.07) is 7.63. The van der Waals surface area contributed by atoms with Crippen LogP contribution in [0, 0.1) is 6.92 Å². The quantitative estimate of drug-likeness (QED) is 0.902. The van der Waals surface area contributed by atoms with Crippen LogP contribution in [0.25, 0.3) is 11.3 Å². The average Bonchev–Trinajstić information content (AvgIpc) is 2.64. The summed E-state index contributed by atoms with van der Waals surface area (Å²) in [6.45, 7) is 4.59. The van der Waals surface area contributed by atoms with Crippen LogP contribution in [0.4, 0.5) is 0 Å². The zero-order valence-corrected chi connectivity index (χ0v) is 11.0. The highest BCUT2D eigenvalue weighted by atomic mass is 16.5. The highest BCUT2D eigenvalue weighted by molar-refractivity contribution is 5.68. The van der Waals surface area contributed by atoms with Crippen LogP contribution in [0.3, 0.4) is 0 Å². The maximum absolute atomic E-state index is 10.0. The highest BCUT2D eigenvalue weighted by Gasteiger charge is 2.13. The van der Waals surface area contributed by atoms with Crippen molar-refractivity contribution in [1.29, 1.82) is 0 Å². The zero-order valence-electron chi connectivity index (χ0n) is 11.0. The first kappa shape index (κ1) is 12.5. The normalized spacial score (nSPS) is 10.6. The van der Waals surface area contributed by atoms with Crippen LogP contribution in [0.1, 0.15) is 19.0 Å². The Morgan fingerprint density at radius 1 is 1.39 bits per heavy atom. The lowest BCUT2D eigenvalue weighted by Gasteiger charge is -2.05. The summed E-state index contributed by atoms with van der Waals surface area (Å²) >= 11 is 0. The molecule has 0 aliphatic carbocycles. The standard InChI is InChI=1S/C14H18N2O2/c1-4-8-18-12-7-5-6-11(9-12)13-14(17)10(2)16(3)15-13/h5-7,9,17H,4,8H2,1-3H3. The van der Waals surface area contributed by atoms with Gasteiger partial charge in [-0.05, 0) is 25.5 Å². The van der Waals surface area contributed by atoms with Gasteiger partial charge >= 0.3 is 0 Å². The van der Waals surface area contributed by atoms with Crippen molar-refractivity contribution in [3.05, 3.63) is 30.0 Å². The van der Waals surface area contributed by atoms with E-state index in [1.54, 1.807) is 4.68 Å². The van der Waals surface area contributed by atoms with Gasteiger partial charge in [0.1, 0.15) is 11.4 Å². The number of nitrogens with zero attached hydrogens (tertiary/aromatic N) is 2. The molecule has 1 N–H and O–H groups in total. The molecule has 96 valence electrons. The first-order valence-electron chi connectivity index (χ1n) is 6.09. The second-order valence-corrected chi connectivity index (χ2v) is 4.28. The number of rotatable bonds is 4. The summed E-state index contributed by atoms with van der Waals surface area (Å²) < 4.78 is 7.25. The summed E-state index contributed by atoms with van der Waals surface area (Å²) in [6.07, 6.45) is 0.970. The van der Waals surface area contributed by atoms with Crippen molar-refractivity contribution >= 4 is 0 Å². The van der Waals surface area contributed by atoms with Gasteiger partial charge in [0.15, 0.2) is 5.75 Å². The molecule has 4 nitrogen and oxygen atoms in total. The third-order valence-corrected chi connectivity index (χ3v) is 2.88. The molecule has 0 saturated carbocycles. The lowest BCUT2D eigenvalue weighted by Crippen LogP contribution is -1.95. The number of aromatic nitrogens is 2. The summed E-state index contributed by atoms with van der Waals surface area (Å²) in [5.74, 6) is 1.03. The van der Waals surface area contributed by atoms with Gasteiger partial charge in [-0.3, -0.25) is 4.68 Å². The first-order chi connectivity index (χ1) is 8.63. The minimum absolute atomic E-state index is 0.227. The van der Waals surface area contributed by atoms with Crippen molar-refractivity contribution in [3.63, 3.8) is 0 Å². The number of aromatic hydroxyl groups is 1. The predicted molar refractivity (Wildman–Crippen MR) is 70.8 cm³/mol. The van der Waals surface area contributed by atoms with E-state index in [1.165, 1.54) is 0 Å². The monoisotopic (exact) mass is 246 g/mol. The van der Waals surface area contributed by atoms with Crippen LogP contribution >= 0.6 is 0 Å². The van der Waals surface area contributed by atoms with Gasteiger partial charge in [-0.15, -0.1) is 0 Å². The zero-order chi connectivity index (χ0) is 13.1. The maximum atomic E-state index is 10.0. The largest absolute Gasteiger partial charge is 0.504 e. The Morgan fingerprint density at radius 2 is 2.17 bits per heavy atom. The van der Waals surface area contributed by atoms with Crippen LogP contribution in [0.2, 0.25) is 0 Å². The molecule has 1 heterocycles. The molecule has 0 saturated heterocycles. The Labute approximate surface area is 107 Å².